The predicted molar refractivity (Wildman–Crippen MR) is 111 cm³/mol. The highest BCUT2D eigenvalue weighted by atomic mass is 32.1. The number of thiophene rings is 1. The Balaban J connectivity index is 2.20. The van der Waals surface area contributed by atoms with E-state index in [1.54, 1.807) is 18.2 Å². The first-order chi connectivity index (χ1) is 13.9. The summed E-state index contributed by atoms with van der Waals surface area (Å²) in [7, 11) is 6.74. The molecule has 1 aromatic heterocycles. The van der Waals surface area contributed by atoms with Crippen LogP contribution in [0.1, 0.15) is 16.5 Å². The largest absolute Gasteiger partial charge is 0.506 e. The van der Waals surface area contributed by atoms with E-state index in [-0.39, 0.29) is 16.9 Å². The molecule has 1 aromatic carbocycles. The molecule has 2 heterocycles. The molecule has 1 aliphatic heterocycles. The topological polar surface area (TPSA) is 79.3 Å². The van der Waals surface area contributed by atoms with Crippen LogP contribution in [0.3, 0.4) is 0 Å². The number of ether oxygens (including phenoxy) is 2. The van der Waals surface area contributed by atoms with Gasteiger partial charge >= 0.3 is 0 Å². The first kappa shape index (κ1) is 20.9. The lowest BCUT2D eigenvalue weighted by molar-refractivity contribution is -0.140. The number of benzene rings is 1. The van der Waals surface area contributed by atoms with Crippen LogP contribution in [0.4, 0.5) is 0 Å². The molecule has 3 rings (SSSR count). The van der Waals surface area contributed by atoms with Crippen LogP contribution in [0, 0.1) is 0 Å². The number of Topliss-reactive ketones (excluding diaryl/α,β-unsaturated/α-hetero) is 1. The molecular formula is C21H24N2O5S. The summed E-state index contributed by atoms with van der Waals surface area (Å²) in [6, 6.07) is 8.11. The van der Waals surface area contributed by atoms with Gasteiger partial charge in [-0.1, -0.05) is 12.1 Å². The molecule has 2 aromatic rings. The molecular weight excluding hydrogens is 392 g/mol. The van der Waals surface area contributed by atoms with Crippen molar-refractivity contribution in [1.29, 1.82) is 0 Å². The Morgan fingerprint density at radius 3 is 2.31 bits per heavy atom. The van der Waals surface area contributed by atoms with Gasteiger partial charge in [-0.25, -0.2) is 0 Å². The van der Waals surface area contributed by atoms with Crippen LogP contribution >= 0.6 is 11.3 Å². The molecule has 0 radical (unpaired) electrons. The number of ketones is 1. The van der Waals surface area contributed by atoms with Crippen molar-refractivity contribution >= 4 is 28.8 Å². The van der Waals surface area contributed by atoms with E-state index in [1.165, 1.54) is 30.5 Å². The lowest BCUT2D eigenvalue weighted by atomic mass is 9.98. The second kappa shape index (κ2) is 8.67. The zero-order valence-electron chi connectivity index (χ0n) is 16.8. The maximum Gasteiger partial charge on any atom is 0.295 e. The zero-order chi connectivity index (χ0) is 21.1. The summed E-state index contributed by atoms with van der Waals surface area (Å²) in [5.74, 6) is -0.936. The summed E-state index contributed by atoms with van der Waals surface area (Å²) in [6.45, 7) is 0.951. The number of aliphatic hydroxyl groups is 1. The van der Waals surface area contributed by atoms with Crippen molar-refractivity contribution in [3.63, 3.8) is 0 Å². The Morgan fingerprint density at radius 2 is 1.79 bits per heavy atom. The third-order valence-corrected chi connectivity index (χ3v) is 5.73. The number of methoxy groups -OCH3 is 2. The normalized spacial score (nSPS) is 18.5. The van der Waals surface area contributed by atoms with Gasteiger partial charge in [-0.15, -0.1) is 11.3 Å². The van der Waals surface area contributed by atoms with Crippen molar-refractivity contribution in [2.24, 2.45) is 0 Å². The lowest BCUT2D eigenvalue weighted by Gasteiger charge is -2.25. The number of nitrogens with zero attached hydrogens (tertiary/aromatic N) is 2. The van der Waals surface area contributed by atoms with Gasteiger partial charge in [0.05, 0.1) is 25.8 Å². The van der Waals surface area contributed by atoms with Crippen LogP contribution in [0.5, 0.6) is 11.5 Å². The van der Waals surface area contributed by atoms with Crippen LogP contribution in [0.2, 0.25) is 0 Å². The monoisotopic (exact) mass is 416 g/mol. The highest BCUT2D eigenvalue weighted by molar-refractivity contribution is 7.10. The van der Waals surface area contributed by atoms with Crippen LogP contribution in [-0.2, 0) is 9.59 Å². The van der Waals surface area contributed by atoms with Crippen molar-refractivity contribution in [3.05, 3.63) is 51.7 Å². The molecule has 0 saturated carbocycles. The van der Waals surface area contributed by atoms with E-state index in [2.05, 4.69) is 0 Å². The number of carbonyl (C=O) groups excluding carboxylic acids is 2. The van der Waals surface area contributed by atoms with Gasteiger partial charge in [-0.05, 0) is 37.7 Å². The maximum atomic E-state index is 13.0. The van der Waals surface area contributed by atoms with Gasteiger partial charge in [0.15, 0.2) is 0 Å². The van der Waals surface area contributed by atoms with Crippen molar-refractivity contribution < 1.29 is 24.2 Å². The number of likely N-dealkylation sites (N-methyl/N-ethyl adjacent to an activating group) is 1. The molecule has 154 valence electrons. The third-order valence-electron chi connectivity index (χ3n) is 4.81. The number of rotatable bonds is 7. The number of hydrogen-bond acceptors (Lipinski definition) is 7. The lowest BCUT2D eigenvalue weighted by Crippen LogP contribution is -2.35. The standard InChI is InChI=1S/C21H24N2O5S/c1-22(2)10-11-23-18(15-9-6-12-29-15)17(20(25)21(23)26)19(24)16-13(27-3)7-5-8-14(16)28-4/h5-9,12,18,24H,10-11H2,1-4H3/b19-17+. The Bertz CT molecular complexity index is 914. The van der Waals surface area contributed by atoms with Gasteiger partial charge in [0.25, 0.3) is 11.7 Å². The van der Waals surface area contributed by atoms with Crippen LogP contribution < -0.4 is 9.47 Å². The SMILES string of the molecule is COc1cccc(OC)c1/C(O)=C1\C(=O)C(=O)N(CCN(C)C)C1c1cccs1. The minimum absolute atomic E-state index is 0.0407. The molecule has 1 amide bonds. The molecule has 0 bridgehead atoms. The van der Waals surface area contributed by atoms with Crippen LogP contribution in [-0.4, -0.2) is 68.0 Å². The molecule has 1 unspecified atom stereocenters. The fourth-order valence-corrected chi connectivity index (χ4v) is 4.23. The minimum Gasteiger partial charge on any atom is -0.506 e. The van der Waals surface area contributed by atoms with Gasteiger partial charge in [0.1, 0.15) is 22.8 Å². The summed E-state index contributed by atoms with van der Waals surface area (Å²) >= 11 is 1.43. The molecule has 1 fully saturated rings. The molecule has 8 heteroatoms. The number of hydrogen-bond donors (Lipinski definition) is 1. The number of aliphatic hydroxyl groups excluding tert-OH is 1. The van der Waals surface area contributed by atoms with Gasteiger partial charge in [-0.2, -0.15) is 0 Å². The second-order valence-electron chi connectivity index (χ2n) is 6.85. The van der Waals surface area contributed by atoms with Gasteiger partial charge in [0.2, 0.25) is 0 Å². The molecule has 0 spiro atoms. The fourth-order valence-electron chi connectivity index (χ4n) is 3.38. The second-order valence-corrected chi connectivity index (χ2v) is 7.83. The van der Waals surface area contributed by atoms with Crippen molar-refractivity contribution in [2.45, 2.75) is 6.04 Å². The Morgan fingerprint density at radius 1 is 1.14 bits per heavy atom. The molecule has 29 heavy (non-hydrogen) atoms. The van der Waals surface area contributed by atoms with E-state index in [4.69, 9.17) is 9.47 Å². The Kier molecular flexibility index (Phi) is 6.24. The van der Waals surface area contributed by atoms with Crippen molar-refractivity contribution in [2.75, 3.05) is 41.4 Å². The highest BCUT2D eigenvalue weighted by Crippen LogP contribution is 2.44. The average Bonchev–Trinajstić information content (AvgIpc) is 3.32. The van der Waals surface area contributed by atoms with Gasteiger partial charge in [-0.3, -0.25) is 9.59 Å². The molecule has 7 nitrogen and oxygen atoms in total. The first-order valence-electron chi connectivity index (χ1n) is 9.08. The summed E-state index contributed by atoms with van der Waals surface area (Å²) < 4.78 is 10.7. The van der Waals surface area contributed by atoms with E-state index < -0.39 is 17.7 Å². The summed E-state index contributed by atoms with van der Waals surface area (Å²) in [6.07, 6.45) is 0. The van der Waals surface area contributed by atoms with Crippen molar-refractivity contribution in [1.82, 2.24) is 9.80 Å². The maximum absolute atomic E-state index is 13.0. The third kappa shape index (κ3) is 3.86. The number of likely N-dealkylation sites (tertiary alicyclic amines) is 1. The quantitative estimate of drug-likeness (QED) is 0.425. The number of amides is 1. The highest BCUT2D eigenvalue weighted by Gasteiger charge is 2.46. The predicted octanol–water partition coefficient (Wildman–Crippen LogP) is 2.75. The molecule has 0 aliphatic carbocycles. The minimum atomic E-state index is -0.715. The zero-order valence-corrected chi connectivity index (χ0v) is 17.7. The van der Waals surface area contributed by atoms with Crippen molar-refractivity contribution in [3.8, 4) is 11.5 Å². The fraction of sp³-hybridized carbons (Fsp3) is 0.333. The number of carbonyl (C=O) groups is 2. The van der Waals surface area contributed by atoms with Crippen LogP contribution in [0.15, 0.2) is 41.3 Å². The average molecular weight is 416 g/mol. The van der Waals surface area contributed by atoms with Gasteiger partial charge < -0.3 is 24.4 Å². The smallest absolute Gasteiger partial charge is 0.295 e. The van der Waals surface area contributed by atoms with E-state index >= 15 is 0 Å². The summed E-state index contributed by atoms with van der Waals surface area (Å²) in [5, 5.41) is 13.1. The molecule has 1 atom stereocenters. The Labute approximate surface area is 173 Å². The molecule has 1 saturated heterocycles. The van der Waals surface area contributed by atoms with Gasteiger partial charge in [0, 0.05) is 18.0 Å². The summed E-state index contributed by atoms with van der Waals surface area (Å²) in [4.78, 5) is 30.1. The molecule has 1 N–H and O–H groups in total. The van der Waals surface area contributed by atoms with E-state index in [0.29, 0.717) is 24.6 Å². The van der Waals surface area contributed by atoms with E-state index in [1.807, 2.05) is 36.5 Å². The van der Waals surface area contributed by atoms with E-state index in [9.17, 15) is 14.7 Å². The van der Waals surface area contributed by atoms with E-state index in [0.717, 1.165) is 4.88 Å². The molecule has 1 aliphatic rings. The Hall–Kier alpha value is -2.84. The van der Waals surface area contributed by atoms with Crippen LogP contribution in [0.25, 0.3) is 5.76 Å². The first-order valence-corrected chi connectivity index (χ1v) is 9.96. The summed E-state index contributed by atoms with van der Waals surface area (Å²) in [5.41, 5.74) is 0.295.